The Morgan fingerprint density at radius 3 is 2.50 bits per heavy atom. The number of hydroxylamine groups is 3. The molecule has 1 aromatic heterocycles. The Morgan fingerprint density at radius 2 is 2.12 bits per heavy atom. The number of rotatable bonds is 1. The second kappa shape index (κ2) is 3.33. The van der Waals surface area contributed by atoms with Crippen LogP contribution in [0.3, 0.4) is 0 Å². The number of nitrogens with zero attached hydrogens (tertiary/aromatic N) is 2. The van der Waals surface area contributed by atoms with E-state index >= 15 is 0 Å². The Morgan fingerprint density at radius 1 is 1.50 bits per heavy atom. The standard InChI is InChI=1S/C11H16N2O3/c1-7-5-6-9(16-7)10-11(3,4)13(15)8(2)12(10)14/h5-6,8,15H,1-4H3/t8-/m0/s1. The number of hydrogen-bond donors (Lipinski definition) is 1. The molecule has 1 atom stereocenters. The van der Waals surface area contributed by atoms with E-state index in [1.807, 2.05) is 6.92 Å². The molecule has 88 valence electrons. The lowest BCUT2D eigenvalue weighted by Crippen LogP contribution is -2.45. The molecule has 1 aromatic rings. The summed E-state index contributed by atoms with van der Waals surface area (Å²) in [6.45, 7) is 7.04. The zero-order valence-electron chi connectivity index (χ0n) is 9.89. The highest BCUT2D eigenvalue weighted by molar-refractivity contribution is 6.02. The second-order valence-corrected chi connectivity index (χ2v) is 4.62. The average molecular weight is 224 g/mol. The smallest absolute Gasteiger partial charge is 0.254 e. The van der Waals surface area contributed by atoms with Gasteiger partial charge >= 0.3 is 0 Å². The maximum Gasteiger partial charge on any atom is 0.254 e. The second-order valence-electron chi connectivity index (χ2n) is 4.62. The van der Waals surface area contributed by atoms with Gasteiger partial charge in [0.15, 0.2) is 5.76 Å². The predicted molar refractivity (Wildman–Crippen MR) is 58.3 cm³/mol. The molecular formula is C11H16N2O3. The Balaban J connectivity index is 2.54. The predicted octanol–water partition coefficient (Wildman–Crippen LogP) is 1.72. The van der Waals surface area contributed by atoms with E-state index < -0.39 is 11.7 Å². The van der Waals surface area contributed by atoms with Crippen molar-refractivity contribution in [2.45, 2.75) is 39.4 Å². The third-order valence-electron chi connectivity index (χ3n) is 3.04. The van der Waals surface area contributed by atoms with E-state index in [9.17, 15) is 10.4 Å². The summed E-state index contributed by atoms with van der Waals surface area (Å²) in [5.74, 6) is 1.26. The van der Waals surface area contributed by atoms with Crippen molar-refractivity contribution in [2.24, 2.45) is 0 Å². The van der Waals surface area contributed by atoms with Crippen molar-refractivity contribution in [3.8, 4) is 0 Å². The van der Waals surface area contributed by atoms with Crippen LogP contribution in [0, 0.1) is 12.1 Å². The first-order valence-corrected chi connectivity index (χ1v) is 5.24. The lowest BCUT2D eigenvalue weighted by atomic mass is 9.97. The average Bonchev–Trinajstić information content (AvgIpc) is 2.66. The number of hydrogen-bond acceptors (Lipinski definition) is 4. The van der Waals surface area contributed by atoms with Gasteiger partial charge in [-0.2, -0.15) is 4.74 Å². The van der Waals surface area contributed by atoms with E-state index in [0.29, 0.717) is 11.5 Å². The van der Waals surface area contributed by atoms with Crippen LogP contribution in [0.4, 0.5) is 0 Å². The molecule has 0 radical (unpaired) electrons. The minimum atomic E-state index is -0.745. The Hall–Kier alpha value is -1.33. The van der Waals surface area contributed by atoms with Crippen LogP contribution in [-0.4, -0.2) is 32.4 Å². The van der Waals surface area contributed by atoms with Gasteiger partial charge in [-0.3, -0.25) is 0 Å². The first-order chi connectivity index (χ1) is 7.35. The van der Waals surface area contributed by atoms with E-state index in [-0.39, 0.29) is 0 Å². The molecule has 2 rings (SSSR count). The molecule has 0 aromatic carbocycles. The van der Waals surface area contributed by atoms with Gasteiger partial charge in [-0.25, -0.2) is 0 Å². The summed E-state index contributed by atoms with van der Waals surface area (Å²) in [4.78, 5) is 0. The van der Waals surface area contributed by atoms with Gasteiger partial charge < -0.3 is 14.8 Å². The molecule has 5 heteroatoms. The quantitative estimate of drug-likeness (QED) is 0.582. The summed E-state index contributed by atoms with van der Waals surface area (Å²) in [5, 5.41) is 22.9. The Labute approximate surface area is 94.1 Å². The maximum absolute atomic E-state index is 12.0. The number of furan rings is 1. The van der Waals surface area contributed by atoms with Crippen molar-refractivity contribution >= 4 is 5.71 Å². The SMILES string of the molecule is Cc1ccc(C2=[N+]([O-])[C@H](C)N(O)C2(C)C)o1. The summed E-state index contributed by atoms with van der Waals surface area (Å²) in [6.07, 6.45) is -0.601. The summed E-state index contributed by atoms with van der Waals surface area (Å²) in [6, 6.07) is 3.56. The molecule has 0 spiro atoms. The van der Waals surface area contributed by atoms with Crippen LogP contribution in [0.2, 0.25) is 0 Å². The van der Waals surface area contributed by atoms with Crippen LogP contribution in [0.1, 0.15) is 32.3 Å². The number of aryl methyl sites for hydroxylation is 1. The lowest BCUT2D eigenvalue weighted by Gasteiger charge is -2.23. The molecule has 0 saturated heterocycles. The van der Waals surface area contributed by atoms with Crippen molar-refractivity contribution < 1.29 is 14.4 Å². The van der Waals surface area contributed by atoms with Crippen LogP contribution >= 0.6 is 0 Å². The first kappa shape index (κ1) is 11.2. The fraction of sp³-hybridized carbons (Fsp3) is 0.545. The van der Waals surface area contributed by atoms with Crippen molar-refractivity contribution in [3.63, 3.8) is 0 Å². The normalized spacial score (nSPS) is 25.4. The molecule has 1 aliphatic heterocycles. The molecule has 0 saturated carbocycles. The molecule has 0 bridgehead atoms. The zero-order chi connectivity index (χ0) is 12.1. The van der Waals surface area contributed by atoms with Gasteiger partial charge in [0.25, 0.3) is 5.71 Å². The van der Waals surface area contributed by atoms with Gasteiger partial charge in [0.05, 0.1) is 0 Å². The van der Waals surface area contributed by atoms with Crippen LogP contribution in [-0.2, 0) is 0 Å². The van der Waals surface area contributed by atoms with Crippen molar-refractivity contribution in [3.05, 3.63) is 28.9 Å². The van der Waals surface area contributed by atoms with E-state index in [1.54, 1.807) is 32.9 Å². The summed E-state index contributed by atoms with van der Waals surface area (Å²) in [7, 11) is 0. The lowest BCUT2D eigenvalue weighted by molar-refractivity contribution is -0.532. The van der Waals surface area contributed by atoms with Crippen LogP contribution in [0.5, 0.6) is 0 Å². The summed E-state index contributed by atoms with van der Waals surface area (Å²) >= 11 is 0. The molecule has 1 aliphatic rings. The minimum Gasteiger partial charge on any atom is -0.622 e. The van der Waals surface area contributed by atoms with Gasteiger partial charge in [0, 0.05) is 6.92 Å². The molecule has 0 unspecified atom stereocenters. The fourth-order valence-electron chi connectivity index (χ4n) is 2.10. The highest BCUT2D eigenvalue weighted by Gasteiger charge is 2.51. The third-order valence-corrected chi connectivity index (χ3v) is 3.04. The molecule has 5 nitrogen and oxygen atoms in total. The molecule has 0 fully saturated rings. The van der Waals surface area contributed by atoms with E-state index in [2.05, 4.69) is 0 Å². The van der Waals surface area contributed by atoms with Gasteiger partial charge in [0.1, 0.15) is 11.3 Å². The Kier molecular flexibility index (Phi) is 2.32. The zero-order valence-corrected chi connectivity index (χ0v) is 9.89. The molecular weight excluding hydrogens is 208 g/mol. The molecule has 0 amide bonds. The molecule has 16 heavy (non-hydrogen) atoms. The van der Waals surface area contributed by atoms with Crippen LogP contribution in [0.15, 0.2) is 16.5 Å². The van der Waals surface area contributed by atoms with Crippen molar-refractivity contribution in [1.82, 2.24) is 5.06 Å². The van der Waals surface area contributed by atoms with Crippen LogP contribution in [0.25, 0.3) is 0 Å². The minimum absolute atomic E-state index is 0.454. The Bertz CT molecular complexity index is 448. The first-order valence-electron chi connectivity index (χ1n) is 5.24. The summed E-state index contributed by atoms with van der Waals surface area (Å²) in [5.41, 5.74) is -0.290. The highest BCUT2D eigenvalue weighted by Crippen LogP contribution is 2.29. The fourth-order valence-corrected chi connectivity index (χ4v) is 2.10. The van der Waals surface area contributed by atoms with Gasteiger partial charge in [-0.05, 0) is 32.9 Å². The van der Waals surface area contributed by atoms with E-state index in [1.165, 1.54) is 0 Å². The summed E-state index contributed by atoms with van der Waals surface area (Å²) < 4.78 is 6.24. The highest BCUT2D eigenvalue weighted by atomic mass is 16.5. The van der Waals surface area contributed by atoms with Crippen molar-refractivity contribution in [2.75, 3.05) is 0 Å². The van der Waals surface area contributed by atoms with E-state index in [0.717, 1.165) is 15.6 Å². The molecule has 2 heterocycles. The van der Waals surface area contributed by atoms with Crippen molar-refractivity contribution in [1.29, 1.82) is 0 Å². The molecule has 1 N–H and O–H groups in total. The monoisotopic (exact) mass is 224 g/mol. The van der Waals surface area contributed by atoms with Gasteiger partial charge in [-0.15, -0.1) is 5.06 Å². The maximum atomic E-state index is 12.0. The van der Waals surface area contributed by atoms with Crippen LogP contribution < -0.4 is 0 Å². The topological polar surface area (TPSA) is 62.7 Å². The molecule has 0 aliphatic carbocycles. The largest absolute Gasteiger partial charge is 0.622 e. The van der Waals surface area contributed by atoms with Gasteiger partial charge in [0.2, 0.25) is 6.17 Å². The van der Waals surface area contributed by atoms with Gasteiger partial charge in [-0.1, -0.05) is 0 Å². The van der Waals surface area contributed by atoms with E-state index in [4.69, 9.17) is 4.42 Å². The third kappa shape index (κ3) is 1.36.